The second-order valence-corrected chi connectivity index (χ2v) is 3.10. The highest BCUT2D eigenvalue weighted by Crippen LogP contribution is 2.31. The normalized spacial score (nSPS) is 20.6. The van der Waals surface area contributed by atoms with Gasteiger partial charge in [0.05, 0.1) is 24.5 Å². The van der Waals surface area contributed by atoms with Crippen LogP contribution in [0, 0.1) is 0 Å². The maximum absolute atomic E-state index is 4.14. The third-order valence-corrected chi connectivity index (χ3v) is 2.40. The lowest BCUT2D eigenvalue weighted by Crippen LogP contribution is -2.09. The SMILES string of the molecule is CCN1C=C2N=CC=NN2S1. The second-order valence-electron chi connectivity index (χ2n) is 2.12. The van der Waals surface area contributed by atoms with Gasteiger partial charge in [0.15, 0.2) is 5.82 Å². The molecule has 0 N–H and O–H groups in total. The zero-order chi connectivity index (χ0) is 7.68. The highest BCUT2D eigenvalue weighted by Gasteiger charge is 2.21. The van der Waals surface area contributed by atoms with Gasteiger partial charge in [-0.25, -0.2) is 4.99 Å². The summed E-state index contributed by atoms with van der Waals surface area (Å²) in [5, 5.41) is 4.10. The summed E-state index contributed by atoms with van der Waals surface area (Å²) in [6.07, 6.45) is 5.36. The Kier molecular flexibility index (Phi) is 1.58. The molecule has 0 unspecified atom stereocenters. The van der Waals surface area contributed by atoms with Crippen LogP contribution in [-0.4, -0.2) is 27.7 Å². The van der Waals surface area contributed by atoms with E-state index in [-0.39, 0.29) is 0 Å². The number of rotatable bonds is 1. The van der Waals surface area contributed by atoms with Crippen molar-refractivity contribution < 1.29 is 0 Å². The van der Waals surface area contributed by atoms with Crippen molar-refractivity contribution >= 4 is 24.6 Å². The Hall–Kier alpha value is -0.970. The number of hydrogen-bond donors (Lipinski definition) is 0. The molecule has 58 valence electrons. The number of aliphatic imine (C=N–C) groups is 1. The zero-order valence-corrected chi connectivity index (χ0v) is 6.95. The van der Waals surface area contributed by atoms with E-state index in [1.54, 1.807) is 29.0 Å². The predicted molar refractivity (Wildman–Crippen MR) is 46.9 cm³/mol. The molecule has 0 amide bonds. The van der Waals surface area contributed by atoms with Crippen LogP contribution in [0.25, 0.3) is 0 Å². The van der Waals surface area contributed by atoms with E-state index in [4.69, 9.17) is 0 Å². The van der Waals surface area contributed by atoms with Gasteiger partial charge in [-0.1, -0.05) is 0 Å². The van der Waals surface area contributed by atoms with Gasteiger partial charge in [0, 0.05) is 12.8 Å². The first-order valence-corrected chi connectivity index (χ1v) is 4.16. The largest absolute Gasteiger partial charge is 0.301 e. The van der Waals surface area contributed by atoms with Crippen LogP contribution >= 0.6 is 12.1 Å². The van der Waals surface area contributed by atoms with Crippen LogP contribution in [0.4, 0.5) is 0 Å². The van der Waals surface area contributed by atoms with Gasteiger partial charge in [-0.3, -0.25) is 0 Å². The van der Waals surface area contributed by atoms with E-state index in [0.717, 1.165) is 12.4 Å². The molecule has 0 atom stereocenters. The van der Waals surface area contributed by atoms with Gasteiger partial charge in [0.1, 0.15) is 0 Å². The highest BCUT2D eigenvalue weighted by atomic mass is 32.2. The van der Waals surface area contributed by atoms with E-state index in [0.29, 0.717) is 0 Å². The van der Waals surface area contributed by atoms with Crippen LogP contribution in [0.1, 0.15) is 6.92 Å². The molecule has 0 aromatic rings. The van der Waals surface area contributed by atoms with E-state index in [1.807, 2.05) is 6.20 Å². The Morgan fingerprint density at radius 2 is 2.45 bits per heavy atom. The van der Waals surface area contributed by atoms with Gasteiger partial charge in [-0.2, -0.15) is 9.52 Å². The standard InChI is InChI=1S/C6H8N4S/c1-2-9-5-6-7-3-4-8-10(6)11-9/h3-5H,2H2,1H3. The zero-order valence-electron chi connectivity index (χ0n) is 6.14. The lowest BCUT2D eigenvalue weighted by molar-refractivity contribution is 0.618. The Morgan fingerprint density at radius 1 is 1.55 bits per heavy atom. The number of hydrazone groups is 1. The smallest absolute Gasteiger partial charge is 0.179 e. The van der Waals surface area contributed by atoms with E-state index in [2.05, 4.69) is 21.3 Å². The van der Waals surface area contributed by atoms with Crippen molar-refractivity contribution in [3.8, 4) is 0 Å². The Bertz CT molecular complexity index is 245. The van der Waals surface area contributed by atoms with Gasteiger partial charge >= 0.3 is 0 Å². The van der Waals surface area contributed by atoms with Crippen LogP contribution in [-0.2, 0) is 0 Å². The molecule has 0 bridgehead atoms. The Labute approximate surface area is 69.5 Å². The highest BCUT2D eigenvalue weighted by molar-refractivity contribution is 7.95. The third-order valence-electron chi connectivity index (χ3n) is 1.39. The number of nitrogens with zero attached hydrogens (tertiary/aromatic N) is 4. The van der Waals surface area contributed by atoms with E-state index >= 15 is 0 Å². The lowest BCUT2D eigenvalue weighted by atomic mass is 10.6. The molecule has 0 aromatic carbocycles. The maximum Gasteiger partial charge on any atom is 0.179 e. The molecule has 0 saturated heterocycles. The molecule has 2 aliphatic rings. The third kappa shape index (κ3) is 1.11. The molecule has 0 saturated carbocycles. The van der Waals surface area contributed by atoms with Crippen molar-refractivity contribution in [2.45, 2.75) is 6.92 Å². The van der Waals surface area contributed by atoms with Gasteiger partial charge < -0.3 is 4.31 Å². The van der Waals surface area contributed by atoms with Crippen molar-refractivity contribution in [1.82, 2.24) is 8.72 Å². The summed E-state index contributed by atoms with van der Waals surface area (Å²) in [5.41, 5.74) is 0. The predicted octanol–water partition coefficient (Wildman–Crippen LogP) is 1.06. The van der Waals surface area contributed by atoms with E-state index in [1.165, 1.54) is 0 Å². The van der Waals surface area contributed by atoms with Gasteiger partial charge in [0.2, 0.25) is 0 Å². The summed E-state index contributed by atoms with van der Waals surface area (Å²) >= 11 is 1.56. The van der Waals surface area contributed by atoms with Crippen LogP contribution in [0.15, 0.2) is 22.1 Å². The first kappa shape index (κ1) is 6.72. The summed E-state index contributed by atoms with van der Waals surface area (Å²) in [6, 6.07) is 0. The van der Waals surface area contributed by atoms with Crippen LogP contribution < -0.4 is 0 Å². The number of fused-ring (bicyclic) bond motifs is 1. The molecule has 0 spiro atoms. The lowest BCUT2D eigenvalue weighted by Gasteiger charge is -2.14. The monoisotopic (exact) mass is 168 g/mol. The van der Waals surface area contributed by atoms with Gasteiger partial charge in [0.25, 0.3) is 0 Å². The minimum atomic E-state index is 0.902. The molecular formula is C6H8N4S. The molecule has 2 aliphatic heterocycles. The molecule has 0 fully saturated rings. The molecule has 0 aliphatic carbocycles. The Balaban J connectivity index is 2.19. The molecule has 11 heavy (non-hydrogen) atoms. The fourth-order valence-electron chi connectivity index (χ4n) is 0.855. The van der Waals surface area contributed by atoms with Gasteiger partial charge in [-0.05, 0) is 6.92 Å². The first-order valence-electron chi connectivity index (χ1n) is 3.43. The Morgan fingerprint density at radius 3 is 3.18 bits per heavy atom. The summed E-state index contributed by atoms with van der Waals surface area (Å²) in [6.45, 7) is 3.06. The van der Waals surface area contributed by atoms with Crippen molar-refractivity contribution in [3.63, 3.8) is 0 Å². The second kappa shape index (κ2) is 2.58. The first-order chi connectivity index (χ1) is 5.40. The van der Waals surface area contributed by atoms with E-state index < -0.39 is 0 Å². The molecule has 2 rings (SSSR count). The molecule has 5 heteroatoms. The van der Waals surface area contributed by atoms with Crippen molar-refractivity contribution in [2.24, 2.45) is 10.1 Å². The molecular weight excluding hydrogens is 160 g/mol. The molecule has 4 nitrogen and oxygen atoms in total. The van der Waals surface area contributed by atoms with Crippen molar-refractivity contribution in [3.05, 3.63) is 12.0 Å². The summed E-state index contributed by atoms with van der Waals surface area (Å²) in [5.74, 6) is 0.902. The average Bonchev–Trinajstić information content (AvgIpc) is 2.46. The van der Waals surface area contributed by atoms with Crippen LogP contribution in [0.2, 0.25) is 0 Å². The fraction of sp³-hybridized carbons (Fsp3) is 0.333. The molecule has 0 radical (unpaired) electrons. The van der Waals surface area contributed by atoms with Crippen molar-refractivity contribution in [2.75, 3.05) is 6.54 Å². The van der Waals surface area contributed by atoms with Crippen molar-refractivity contribution in [1.29, 1.82) is 0 Å². The summed E-state index contributed by atoms with van der Waals surface area (Å²) < 4.78 is 3.87. The average molecular weight is 168 g/mol. The number of hydrogen-bond acceptors (Lipinski definition) is 5. The summed E-state index contributed by atoms with van der Waals surface area (Å²) in [7, 11) is 0. The minimum absolute atomic E-state index is 0.902. The van der Waals surface area contributed by atoms with Crippen LogP contribution in [0.5, 0.6) is 0 Å². The molecule has 0 aromatic heterocycles. The minimum Gasteiger partial charge on any atom is -0.301 e. The fourth-order valence-corrected chi connectivity index (χ4v) is 1.59. The van der Waals surface area contributed by atoms with Gasteiger partial charge in [-0.15, -0.1) is 0 Å². The quantitative estimate of drug-likeness (QED) is 0.548. The topological polar surface area (TPSA) is 31.2 Å². The molecule has 2 heterocycles. The van der Waals surface area contributed by atoms with Crippen LogP contribution in [0.3, 0.4) is 0 Å². The summed E-state index contributed by atoms with van der Waals surface area (Å²) in [4.78, 5) is 4.14. The van der Waals surface area contributed by atoms with E-state index in [9.17, 15) is 0 Å². The maximum atomic E-state index is 4.14.